The lowest BCUT2D eigenvalue weighted by Crippen LogP contribution is -2.68. The van der Waals surface area contributed by atoms with Gasteiger partial charge in [-0.15, -0.1) is 11.8 Å². The molecule has 2 heterocycles. The molecule has 0 saturated carbocycles. The number of rotatable bonds is 5. The maximum Gasteiger partial charge on any atom is 0.355 e. The number of hydrogen-bond acceptors (Lipinski definition) is 6. The van der Waals surface area contributed by atoms with Crippen molar-refractivity contribution >= 4 is 29.2 Å². The highest BCUT2D eigenvalue weighted by atomic mass is 32.2. The van der Waals surface area contributed by atoms with Gasteiger partial charge in [-0.2, -0.15) is 0 Å². The molecule has 6 nitrogen and oxygen atoms in total. The van der Waals surface area contributed by atoms with E-state index >= 15 is 0 Å². The first kappa shape index (κ1) is 18.6. The smallest absolute Gasteiger partial charge is 0.355 e. The van der Waals surface area contributed by atoms with Gasteiger partial charge in [0.1, 0.15) is 29.5 Å². The molecule has 7 heteroatoms. The number of carbonyl (C=O) groups excluding carboxylic acids is 2. The van der Waals surface area contributed by atoms with E-state index in [0.29, 0.717) is 11.4 Å². The number of amides is 1. The monoisotopic (exact) mass is 396 g/mol. The Morgan fingerprint density at radius 1 is 1.18 bits per heavy atom. The Morgan fingerprint density at radius 2 is 1.89 bits per heavy atom. The predicted molar refractivity (Wildman–Crippen MR) is 107 cm³/mol. The quantitative estimate of drug-likeness (QED) is 0.617. The van der Waals surface area contributed by atoms with Gasteiger partial charge in [-0.1, -0.05) is 42.5 Å². The Bertz CT molecular complexity index is 927. The second kappa shape index (κ2) is 7.69. The van der Waals surface area contributed by atoms with Crippen LogP contribution in [0.1, 0.15) is 11.1 Å². The second-order valence-electron chi connectivity index (χ2n) is 6.55. The van der Waals surface area contributed by atoms with Gasteiger partial charge in [0.2, 0.25) is 5.91 Å². The van der Waals surface area contributed by atoms with Gasteiger partial charge in [0.25, 0.3) is 0 Å². The average Bonchev–Trinajstić information content (AvgIpc) is 2.76. The molecule has 2 N–H and O–H groups in total. The molecule has 2 aromatic rings. The minimum atomic E-state index is -0.577. The van der Waals surface area contributed by atoms with E-state index in [2.05, 4.69) is 0 Å². The van der Waals surface area contributed by atoms with Gasteiger partial charge in [0.05, 0.1) is 7.11 Å². The van der Waals surface area contributed by atoms with Crippen LogP contribution in [0, 0.1) is 0 Å². The molecule has 0 radical (unpaired) electrons. The van der Waals surface area contributed by atoms with Crippen molar-refractivity contribution in [3.8, 4) is 5.75 Å². The van der Waals surface area contributed by atoms with Crippen LogP contribution in [-0.4, -0.2) is 41.1 Å². The van der Waals surface area contributed by atoms with Crippen LogP contribution in [0.3, 0.4) is 0 Å². The Kier molecular flexibility index (Phi) is 5.11. The van der Waals surface area contributed by atoms with Gasteiger partial charge in [0.15, 0.2) is 0 Å². The number of fused-ring (bicyclic) bond motifs is 1. The van der Waals surface area contributed by atoms with E-state index in [1.54, 1.807) is 18.9 Å². The fourth-order valence-corrected chi connectivity index (χ4v) is 4.63. The number of hydrogen-bond donors (Lipinski definition) is 1. The molecule has 1 amide bonds. The molecule has 2 aliphatic heterocycles. The summed E-state index contributed by atoms with van der Waals surface area (Å²) in [6.45, 7) is 0.111. The fraction of sp³-hybridized carbons (Fsp3) is 0.238. The SMILES string of the molecule is COc1ccc(COC(=O)C2=C(c3ccccc3)CS[C@@H]3[C@@H](N)C(=O)N23)cc1. The van der Waals surface area contributed by atoms with Crippen LogP contribution in [0.25, 0.3) is 5.57 Å². The van der Waals surface area contributed by atoms with Crippen LogP contribution >= 0.6 is 11.8 Å². The van der Waals surface area contributed by atoms with Crippen molar-refractivity contribution in [2.24, 2.45) is 5.73 Å². The summed E-state index contributed by atoms with van der Waals surface area (Å²) >= 11 is 1.57. The van der Waals surface area contributed by atoms with E-state index in [1.165, 1.54) is 4.90 Å². The summed E-state index contributed by atoms with van der Waals surface area (Å²) in [6.07, 6.45) is 0. The van der Waals surface area contributed by atoms with E-state index in [0.717, 1.165) is 22.4 Å². The number of thioether (sulfide) groups is 1. The summed E-state index contributed by atoms with van der Waals surface area (Å²) in [7, 11) is 1.60. The van der Waals surface area contributed by atoms with E-state index in [-0.39, 0.29) is 17.9 Å². The number of carbonyl (C=O) groups is 2. The lowest BCUT2D eigenvalue weighted by molar-refractivity contribution is -0.151. The summed E-state index contributed by atoms with van der Waals surface area (Å²) < 4.78 is 10.7. The van der Waals surface area contributed by atoms with Crippen LogP contribution < -0.4 is 10.5 Å². The first-order chi connectivity index (χ1) is 13.6. The van der Waals surface area contributed by atoms with E-state index in [4.69, 9.17) is 15.2 Å². The van der Waals surface area contributed by atoms with E-state index in [9.17, 15) is 9.59 Å². The average molecular weight is 396 g/mol. The minimum Gasteiger partial charge on any atom is -0.497 e. The van der Waals surface area contributed by atoms with Crippen LogP contribution in [0.2, 0.25) is 0 Å². The van der Waals surface area contributed by atoms with Crippen molar-refractivity contribution < 1.29 is 19.1 Å². The topological polar surface area (TPSA) is 81.9 Å². The molecule has 0 aromatic heterocycles. The number of ether oxygens (including phenoxy) is 2. The number of benzene rings is 2. The maximum absolute atomic E-state index is 13.0. The highest BCUT2D eigenvalue weighted by molar-refractivity contribution is 8.00. The largest absolute Gasteiger partial charge is 0.497 e. The molecule has 2 aliphatic rings. The van der Waals surface area contributed by atoms with E-state index in [1.807, 2.05) is 54.6 Å². The summed E-state index contributed by atoms with van der Waals surface area (Å²) in [5.74, 6) is 0.567. The molecule has 0 bridgehead atoms. The van der Waals surface area contributed by atoms with E-state index < -0.39 is 12.0 Å². The Balaban J connectivity index is 1.60. The third kappa shape index (κ3) is 3.27. The normalized spacial score (nSPS) is 21.1. The number of esters is 1. The van der Waals surface area contributed by atoms with Crippen molar-refractivity contribution in [2.75, 3.05) is 12.9 Å². The van der Waals surface area contributed by atoms with Gasteiger partial charge >= 0.3 is 5.97 Å². The molecule has 4 rings (SSSR count). The molecular weight excluding hydrogens is 376 g/mol. The van der Waals surface area contributed by atoms with Crippen molar-refractivity contribution in [3.05, 3.63) is 71.4 Å². The summed E-state index contributed by atoms with van der Waals surface area (Å²) in [5.41, 5.74) is 8.75. The lowest BCUT2D eigenvalue weighted by Gasteiger charge is -2.48. The van der Waals surface area contributed by atoms with Gasteiger partial charge < -0.3 is 15.2 Å². The zero-order chi connectivity index (χ0) is 19.7. The van der Waals surface area contributed by atoms with Crippen molar-refractivity contribution in [1.29, 1.82) is 0 Å². The van der Waals surface area contributed by atoms with Crippen molar-refractivity contribution in [1.82, 2.24) is 4.90 Å². The molecular formula is C21H20N2O4S. The number of β-lactam (4-membered cyclic amide) rings is 1. The predicted octanol–water partition coefficient (Wildman–Crippen LogP) is 2.39. The maximum atomic E-state index is 13.0. The zero-order valence-electron chi connectivity index (χ0n) is 15.3. The van der Waals surface area contributed by atoms with Crippen LogP contribution in [0.15, 0.2) is 60.3 Å². The van der Waals surface area contributed by atoms with Gasteiger partial charge in [-0.25, -0.2) is 4.79 Å². The first-order valence-electron chi connectivity index (χ1n) is 8.89. The molecule has 144 valence electrons. The van der Waals surface area contributed by atoms with Crippen molar-refractivity contribution in [3.63, 3.8) is 0 Å². The third-order valence-corrected chi connectivity index (χ3v) is 6.15. The molecule has 1 fully saturated rings. The van der Waals surface area contributed by atoms with Crippen LogP contribution in [0.5, 0.6) is 5.75 Å². The second-order valence-corrected chi connectivity index (χ2v) is 7.66. The fourth-order valence-electron chi connectivity index (χ4n) is 3.30. The number of nitrogens with two attached hydrogens (primary N) is 1. The third-order valence-electron chi connectivity index (χ3n) is 4.85. The minimum absolute atomic E-state index is 0.111. The summed E-state index contributed by atoms with van der Waals surface area (Å²) in [6, 6.07) is 16.3. The summed E-state index contributed by atoms with van der Waals surface area (Å²) in [5, 5.41) is -0.219. The summed E-state index contributed by atoms with van der Waals surface area (Å²) in [4.78, 5) is 26.8. The molecule has 28 heavy (non-hydrogen) atoms. The Hall–Kier alpha value is -2.77. The molecule has 2 atom stereocenters. The van der Waals surface area contributed by atoms with Crippen LogP contribution in [-0.2, 0) is 20.9 Å². The molecule has 0 aliphatic carbocycles. The first-order valence-corrected chi connectivity index (χ1v) is 9.94. The highest BCUT2D eigenvalue weighted by Crippen LogP contribution is 2.42. The Labute approximate surface area is 167 Å². The molecule has 0 spiro atoms. The zero-order valence-corrected chi connectivity index (χ0v) is 16.1. The number of nitrogens with zero attached hydrogens (tertiary/aromatic N) is 1. The van der Waals surface area contributed by atoms with Crippen molar-refractivity contribution in [2.45, 2.75) is 18.0 Å². The standard InChI is InChI=1S/C21H20N2O4S/c1-26-15-9-7-13(8-10-15)11-27-21(25)18-16(14-5-3-2-4-6-14)12-28-20-17(22)19(24)23(18)20/h2-10,17,20H,11-12,22H2,1H3/t17-,20+/m0/s1. The van der Waals surface area contributed by atoms with Gasteiger partial charge in [-0.3, -0.25) is 9.69 Å². The van der Waals surface area contributed by atoms with Gasteiger partial charge in [0, 0.05) is 11.3 Å². The molecule has 2 aromatic carbocycles. The highest BCUT2D eigenvalue weighted by Gasteiger charge is 2.52. The lowest BCUT2D eigenvalue weighted by atomic mass is 9.99. The molecule has 1 saturated heterocycles. The van der Waals surface area contributed by atoms with Gasteiger partial charge in [-0.05, 0) is 23.3 Å². The number of methoxy groups -OCH3 is 1. The van der Waals surface area contributed by atoms with Crippen LogP contribution in [0.4, 0.5) is 0 Å². The Morgan fingerprint density at radius 3 is 2.57 bits per heavy atom. The molecule has 0 unspecified atom stereocenters.